The monoisotopic (exact) mass is 213 g/mol. The van der Waals surface area contributed by atoms with Crippen molar-refractivity contribution < 1.29 is 4.74 Å². The van der Waals surface area contributed by atoms with Crippen LogP contribution in [0.25, 0.3) is 0 Å². The predicted molar refractivity (Wildman–Crippen MR) is 52.3 cm³/mol. The van der Waals surface area contributed by atoms with E-state index in [0.29, 0.717) is 19.0 Å². The minimum absolute atomic E-state index is 0. The minimum Gasteiger partial charge on any atom is -0.478 e. The molecule has 0 fully saturated rings. The van der Waals surface area contributed by atoms with Crippen molar-refractivity contribution in [1.82, 2.24) is 10.2 Å². The maximum Gasteiger partial charge on any atom is 0.208 e. The van der Waals surface area contributed by atoms with Gasteiger partial charge < -0.3 is 10.5 Å². The van der Waals surface area contributed by atoms with E-state index in [1.54, 1.807) is 12.3 Å². The number of halogens is 2. The van der Waals surface area contributed by atoms with Gasteiger partial charge in [-0.25, -0.2) is 5.10 Å². The number of nitrogens with zero attached hydrogens (tertiary/aromatic N) is 1. The molecule has 1 aromatic heterocycles. The Kier molecular flexibility index (Phi) is 10.2. The highest BCUT2D eigenvalue weighted by atomic mass is 35.5. The highest BCUT2D eigenvalue weighted by molar-refractivity contribution is 5.85. The Labute approximate surface area is 83.7 Å². The van der Waals surface area contributed by atoms with Gasteiger partial charge in [0.25, 0.3) is 0 Å². The lowest BCUT2D eigenvalue weighted by atomic mass is 10.5. The average Bonchev–Trinajstić information content (AvgIpc) is 2.41. The van der Waals surface area contributed by atoms with Gasteiger partial charge in [-0.1, -0.05) is 0 Å². The zero-order valence-electron chi connectivity index (χ0n) is 6.53. The van der Waals surface area contributed by atoms with Crippen LogP contribution in [0.15, 0.2) is 12.3 Å². The third kappa shape index (κ3) is 5.23. The molecule has 4 nitrogen and oxygen atoms in total. The first-order valence-electron chi connectivity index (χ1n) is 3.25. The van der Waals surface area contributed by atoms with E-state index < -0.39 is 0 Å². The van der Waals surface area contributed by atoms with Crippen molar-refractivity contribution in [1.29, 1.82) is 0 Å². The van der Waals surface area contributed by atoms with Gasteiger partial charge in [0.1, 0.15) is 0 Å². The molecular formula is C6H13Cl2N3O. The van der Waals surface area contributed by atoms with Crippen molar-refractivity contribution >= 4 is 24.8 Å². The molecule has 0 spiro atoms. The van der Waals surface area contributed by atoms with E-state index >= 15 is 0 Å². The molecular weight excluding hydrogens is 201 g/mol. The molecule has 72 valence electrons. The van der Waals surface area contributed by atoms with E-state index in [1.807, 2.05) is 0 Å². The van der Waals surface area contributed by atoms with Crippen molar-refractivity contribution in [3.05, 3.63) is 12.3 Å². The zero-order chi connectivity index (χ0) is 7.23. The highest BCUT2D eigenvalue weighted by Crippen LogP contribution is 2.01. The van der Waals surface area contributed by atoms with Crippen LogP contribution in [0.3, 0.4) is 0 Å². The van der Waals surface area contributed by atoms with Crippen LogP contribution in [0.5, 0.6) is 5.88 Å². The van der Waals surface area contributed by atoms with Gasteiger partial charge in [0, 0.05) is 6.07 Å². The van der Waals surface area contributed by atoms with E-state index in [1.165, 1.54) is 0 Å². The SMILES string of the molecule is Cl.Cl.NCCCOc1ccn[nH]1. The fraction of sp³-hybridized carbons (Fsp3) is 0.500. The summed E-state index contributed by atoms with van der Waals surface area (Å²) in [4.78, 5) is 0. The van der Waals surface area contributed by atoms with Crippen molar-refractivity contribution in [3.63, 3.8) is 0 Å². The number of aromatic amines is 1. The Hall–Kier alpha value is -0.450. The maximum absolute atomic E-state index is 5.26. The number of aromatic nitrogens is 2. The van der Waals surface area contributed by atoms with Gasteiger partial charge in [-0.05, 0) is 13.0 Å². The second-order valence-corrected chi connectivity index (χ2v) is 1.91. The van der Waals surface area contributed by atoms with E-state index in [9.17, 15) is 0 Å². The predicted octanol–water partition coefficient (Wildman–Crippen LogP) is 0.981. The molecule has 0 unspecified atom stereocenters. The number of nitrogens with one attached hydrogen (secondary N) is 1. The third-order valence-corrected chi connectivity index (χ3v) is 1.08. The second kappa shape index (κ2) is 8.64. The van der Waals surface area contributed by atoms with Crippen LogP contribution >= 0.6 is 24.8 Å². The Morgan fingerprint density at radius 3 is 2.75 bits per heavy atom. The molecule has 12 heavy (non-hydrogen) atoms. The van der Waals surface area contributed by atoms with Crippen LogP contribution in [0.1, 0.15) is 6.42 Å². The van der Waals surface area contributed by atoms with Crippen LogP contribution in [-0.4, -0.2) is 23.3 Å². The standard InChI is InChI=1S/C6H11N3O.2ClH/c7-3-1-5-10-6-2-4-8-9-6;;/h2,4H,1,3,5,7H2,(H,8,9);2*1H. The molecule has 0 aliphatic carbocycles. The Bertz CT molecular complexity index is 169. The number of hydrogen-bond donors (Lipinski definition) is 2. The van der Waals surface area contributed by atoms with E-state index in [-0.39, 0.29) is 24.8 Å². The Morgan fingerprint density at radius 2 is 2.25 bits per heavy atom. The van der Waals surface area contributed by atoms with Gasteiger partial charge in [0.2, 0.25) is 5.88 Å². The van der Waals surface area contributed by atoms with E-state index in [2.05, 4.69) is 10.2 Å². The molecule has 3 N–H and O–H groups in total. The molecule has 0 aliphatic rings. The third-order valence-electron chi connectivity index (χ3n) is 1.08. The zero-order valence-corrected chi connectivity index (χ0v) is 8.16. The van der Waals surface area contributed by atoms with Crippen molar-refractivity contribution in [2.45, 2.75) is 6.42 Å². The first-order chi connectivity index (χ1) is 4.93. The number of H-pyrrole nitrogens is 1. The van der Waals surface area contributed by atoms with Crippen LogP contribution in [0.2, 0.25) is 0 Å². The molecule has 0 atom stereocenters. The summed E-state index contributed by atoms with van der Waals surface area (Å²) in [6.45, 7) is 1.31. The molecule has 1 rings (SSSR count). The van der Waals surface area contributed by atoms with Crippen LogP contribution in [0, 0.1) is 0 Å². The molecule has 0 aliphatic heterocycles. The van der Waals surface area contributed by atoms with Crippen LogP contribution < -0.4 is 10.5 Å². The molecule has 0 radical (unpaired) electrons. The number of rotatable bonds is 4. The van der Waals surface area contributed by atoms with Crippen LogP contribution in [0.4, 0.5) is 0 Å². The summed E-state index contributed by atoms with van der Waals surface area (Å²) < 4.78 is 5.19. The summed E-state index contributed by atoms with van der Waals surface area (Å²) in [7, 11) is 0. The number of ether oxygens (including phenoxy) is 1. The second-order valence-electron chi connectivity index (χ2n) is 1.91. The minimum atomic E-state index is 0. The lowest BCUT2D eigenvalue weighted by molar-refractivity contribution is 0.301. The van der Waals surface area contributed by atoms with Gasteiger partial charge in [0.05, 0.1) is 12.8 Å². The summed E-state index contributed by atoms with van der Waals surface area (Å²) in [6.07, 6.45) is 2.52. The molecule has 0 saturated carbocycles. The first kappa shape index (κ1) is 14.1. The van der Waals surface area contributed by atoms with Crippen LogP contribution in [-0.2, 0) is 0 Å². The molecule has 6 heteroatoms. The number of nitrogens with two attached hydrogens (primary N) is 1. The molecule has 0 amide bonds. The fourth-order valence-electron chi connectivity index (χ4n) is 0.589. The van der Waals surface area contributed by atoms with E-state index in [4.69, 9.17) is 10.5 Å². The fourth-order valence-corrected chi connectivity index (χ4v) is 0.589. The van der Waals surface area contributed by atoms with Gasteiger partial charge in [-0.15, -0.1) is 24.8 Å². The van der Waals surface area contributed by atoms with Crippen molar-refractivity contribution in [2.24, 2.45) is 5.73 Å². The first-order valence-corrected chi connectivity index (χ1v) is 3.25. The quantitative estimate of drug-likeness (QED) is 0.734. The Morgan fingerprint density at radius 1 is 1.50 bits per heavy atom. The maximum atomic E-state index is 5.26. The van der Waals surface area contributed by atoms with Gasteiger partial charge >= 0.3 is 0 Å². The molecule has 1 heterocycles. The molecule has 0 saturated heterocycles. The molecule has 0 bridgehead atoms. The van der Waals surface area contributed by atoms with Gasteiger partial charge in [-0.2, -0.15) is 5.10 Å². The summed E-state index contributed by atoms with van der Waals surface area (Å²) >= 11 is 0. The smallest absolute Gasteiger partial charge is 0.208 e. The number of hydrogen-bond acceptors (Lipinski definition) is 3. The van der Waals surface area contributed by atoms with Crippen molar-refractivity contribution in [2.75, 3.05) is 13.2 Å². The normalized spacial score (nSPS) is 8.08. The van der Waals surface area contributed by atoms with E-state index in [0.717, 1.165) is 6.42 Å². The van der Waals surface area contributed by atoms with Gasteiger partial charge in [0.15, 0.2) is 0 Å². The Balaban J connectivity index is 0. The average molecular weight is 214 g/mol. The van der Waals surface area contributed by atoms with Crippen molar-refractivity contribution in [3.8, 4) is 5.88 Å². The summed E-state index contributed by atoms with van der Waals surface area (Å²) in [5, 5.41) is 6.40. The molecule has 1 aromatic rings. The lowest BCUT2D eigenvalue weighted by Crippen LogP contribution is -2.06. The molecule has 0 aromatic carbocycles. The summed E-state index contributed by atoms with van der Waals surface area (Å²) in [5.74, 6) is 0.702. The largest absolute Gasteiger partial charge is 0.478 e. The topological polar surface area (TPSA) is 63.9 Å². The summed E-state index contributed by atoms with van der Waals surface area (Å²) in [5.41, 5.74) is 5.26. The van der Waals surface area contributed by atoms with Gasteiger partial charge in [-0.3, -0.25) is 0 Å². The summed E-state index contributed by atoms with van der Waals surface area (Å²) in [6, 6.07) is 1.77. The lowest BCUT2D eigenvalue weighted by Gasteiger charge is -1.99. The highest BCUT2D eigenvalue weighted by Gasteiger charge is 1.90.